The first-order valence-electron chi connectivity index (χ1n) is 5.50. The van der Waals surface area contributed by atoms with Crippen molar-refractivity contribution in [3.8, 4) is 0 Å². The standard InChI is InChI=1S/C12H19N3O/c1-4-15(5-2)9-6-7-11(13)10(8-9)12(16)14-3/h6-8H,4-5,13H2,1-3H3,(H,14,16). The van der Waals surface area contributed by atoms with Crippen LogP contribution in [0.4, 0.5) is 11.4 Å². The van der Waals surface area contributed by atoms with E-state index in [2.05, 4.69) is 24.1 Å². The molecule has 0 heterocycles. The van der Waals surface area contributed by atoms with Crippen molar-refractivity contribution in [2.45, 2.75) is 13.8 Å². The molecule has 0 saturated carbocycles. The van der Waals surface area contributed by atoms with Gasteiger partial charge in [-0.05, 0) is 32.0 Å². The number of nitrogens with zero attached hydrogens (tertiary/aromatic N) is 1. The lowest BCUT2D eigenvalue weighted by Gasteiger charge is -2.21. The molecular weight excluding hydrogens is 202 g/mol. The summed E-state index contributed by atoms with van der Waals surface area (Å²) in [5.74, 6) is -0.147. The second-order valence-electron chi connectivity index (χ2n) is 3.52. The van der Waals surface area contributed by atoms with Gasteiger partial charge >= 0.3 is 0 Å². The molecule has 0 bridgehead atoms. The molecule has 0 spiro atoms. The van der Waals surface area contributed by atoms with E-state index in [0.717, 1.165) is 18.8 Å². The van der Waals surface area contributed by atoms with Crippen LogP contribution in [0.5, 0.6) is 0 Å². The molecule has 4 heteroatoms. The molecule has 1 aromatic carbocycles. The van der Waals surface area contributed by atoms with Crippen molar-refractivity contribution < 1.29 is 4.79 Å². The van der Waals surface area contributed by atoms with E-state index in [4.69, 9.17) is 5.73 Å². The van der Waals surface area contributed by atoms with Gasteiger partial charge in [0.1, 0.15) is 0 Å². The number of hydrogen-bond donors (Lipinski definition) is 2. The molecule has 1 aromatic rings. The molecule has 1 amide bonds. The zero-order valence-corrected chi connectivity index (χ0v) is 10.1. The van der Waals surface area contributed by atoms with Gasteiger partial charge in [0.15, 0.2) is 0 Å². The Morgan fingerprint density at radius 3 is 2.50 bits per heavy atom. The fourth-order valence-electron chi connectivity index (χ4n) is 1.66. The summed E-state index contributed by atoms with van der Waals surface area (Å²) in [6.45, 7) is 5.99. The van der Waals surface area contributed by atoms with Crippen LogP contribution in [0.25, 0.3) is 0 Å². The lowest BCUT2D eigenvalue weighted by molar-refractivity contribution is 0.0964. The van der Waals surface area contributed by atoms with Crippen LogP contribution in [0.15, 0.2) is 18.2 Å². The summed E-state index contributed by atoms with van der Waals surface area (Å²) in [4.78, 5) is 13.7. The Labute approximate surface area is 96.4 Å². The molecule has 1 rings (SSSR count). The summed E-state index contributed by atoms with van der Waals surface area (Å²) in [5.41, 5.74) is 7.84. The van der Waals surface area contributed by atoms with Crippen LogP contribution in [0.2, 0.25) is 0 Å². The Hall–Kier alpha value is -1.71. The number of nitrogens with one attached hydrogen (secondary N) is 1. The Morgan fingerprint density at radius 2 is 2.00 bits per heavy atom. The fourth-order valence-corrected chi connectivity index (χ4v) is 1.66. The minimum absolute atomic E-state index is 0.147. The van der Waals surface area contributed by atoms with E-state index in [1.165, 1.54) is 0 Å². The molecule has 0 unspecified atom stereocenters. The molecule has 0 aliphatic carbocycles. The lowest BCUT2D eigenvalue weighted by Crippen LogP contribution is -2.24. The number of carbonyl (C=O) groups excluding carboxylic acids is 1. The van der Waals surface area contributed by atoms with Crippen LogP contribution >= 0.6 is 0 Å². The zero-order valence-electron chi connectivity index (χ0n) is 10.1. The quantitative estimate of drug-likeness (QED) is 0.757. The number of nitrogen functional groups attached to an aromatic ring is 1. The number of hydrogen-bond acceptors (Lipinski definition) is 3. The first-order chi connectivity index (χ1) is 7.63. The number of amides is 1. The van der Waals surface area contributed by atoms with Crippen molar-refractivity contribution in [2.24, 2.45) is 0 Å². The maximum absolute atomic E-state index is 11.6. The van der Waals surface area contributed by atoms with Crippen molar-refractivity contribution >= 4 is 17.3 Å². The van der Waals surface area contributed by atoms with Crippen LogP contribution in [0.3, 0.4) is 0 Å². The second-order valence-corrected chi connectivity index (χ2v) is 3.52. The zero-order chi connectivity index (χ0) is 12.1. The number of anilines is 2. The molecule has 0 aliphatic heterocycles. The van der Waals surface area contributed by atoms with Gasteiger partial charge in [-0.15, -0.1) is 0 Å². The van der Waals surface area contributed by atoms with Gasteiger partial charge in [-0.1, -0.05) is 0 Å². The van der Waals surface area contributed by atoms with E-state index in [1.54, 1.807) is 13.1 Å². The van der Waals surface area contributed by atoms with E-state index in [-0.39, 0.29) is 5.91 Å². The molecule has 4 nitrogen and oxygen atoms in total. The van der Waals surface area contributed by atoms with Crippen molar-refractivity contribution in [3.63, 3.8) is 0 Å². The molecular formula is C12H19N3O. The van der Waals surface area contributed by atoms with Gasteiger partial charge in [-0.25, -0.2) is 0 Å². The molecule has 88 valence electrons. The Balaban J connectivity index is 3.11. The van der Waals surface area contributed by atoms with Gasteiger partial charge in [0.2, 0.25) is 0 Å². The summed E-state index contributed by atoms with van der Waals surface area (Å²) in [5, 5.41) is 2.59. The van der Waals surface area contributed by atoms with Gasteiger partial charge in [0, 0.05) is 31.5 Å². The van der Waals surface area contributed by atoms with Crippen molar-refractivity contribution in [1.82, 2.24) is 5.32 Å². The van der Waals surface area contributed by atoms with Gasteiger partial charge in [0.25, 0.3) is 5.91 Å². The first kappa shape index (κ1) is 12.4. The van der Waals surface area contributed by atoms with E-state index in [1.807, 2.05) is 12.1 Å². The predicted octanol–water partition coefficient (Wildman–Crippen LogP) is 1.47. The average Bonchev–Trinajstić information content (AvgIpc) is 2.31. The monoisotopic (exact) mass is 221 g/mol. The summed E-state index contributed by atoms with van der Waals surface area (Å²) in [6.07, 6.45) is 0. The molecule has 0 aliphatic rings. The summed E-state index contributed by atoms with van der Waals surface area (Å²) in [7, 11) is 1.60. The van der Waals surface area contributed by atoms with Gasteiger partial charge in [-0.3, -0.25) is 4.79 Å². The van der Waals surface area contributed by atoms with Gasteiger partial charge < -0.3 is 16.0 Å². The highest BCUT2D eigenvalue weighted by atomic mass is 16.1. The van der Waals surface area contributed by atoms with Crippen LogP contribution < -0.4 is 16.0 Å². The van der Waals surface area contributed by atoms with Crippen molar-refractivity contribution in [2.75, 3.05) is 30.8 Å². The third-order valence-electron chi connectivity index (χ3n) is 2.64. The minimum atomic E-state index is -0.147. The topological polar surface area (TPSA) is 58.4 Å². The average molecular weight is 221 g/mol. The number of rotatable bonds is 4. The molecule has 0 saturated heterocycles. The normalized spacial score (nSPS) is 9.94. The molecule has 0 fully saturated rings. The van der Waals surface area contributed by atoms with E-state index in [9.17, 15) is 4.79 Å². The lowest BCUT2D eigenvalue weighted by atomic mass is 10.1. The van der Waals surface area contributed by atoms with E-state index < -0.39 is 0 Å². The van der Waals surface area contributed by atoms with Crippen LogP contribution in [0.1, 0.15) is 24.2 Å². The summed E-state index contributed by atoms with van der Waals surface area (Å²) in [6, 6.07) is 5.55. The third-order valence-corrected chi connectivity index (χ3v) is 2.64. The Bertz CT molecular complexity index is 373. The molecule has 0 atom stereocenters. The van der Waals surface area contributed by atoms with E-state index >= 15 is 0 Å². The number of nitrogens with two attached hydrogens (primary N) is 1. The highest BCUT2D eigenvalue weighted by molar-refractivity contribution is 5.99. The maximum Gasteiger partial charge on any atom is 0.253 e. The molecule has 3 N–H and O–H groups in total. The van der Waals surface area contributed by atoms with Gasteiger partial charge in [-0.2, -0.15) is 0 Å². The van der Waals surface area contributed by atoms with Crippen molar-refractivity contribution in [1.29, 1.82) is 0 Å². The number of benzene rings is 1. The van der Waals surface area contributed by atoms with Crippen LogP contribution in [-0.2, 0) is 0 Å². The molecule has 0 radical (unpaired) electrons. The first-order valence-corrected chi connectivity index (χ1v) is 5.50. The second kappa shape index (κ2) is 5.39. The highest BCUT2D eigenvalue weighted by Crippen LogP contribution is 2.21. The van der Waals surface area contributed by atoms with Gasteiger partial charge in [0.05, 0.1) is 5.56 Å². The highest BCUT2D eigenvalue weighted by Gasteiger charge is 2.10. The predicted molar refractivity (Wildman–Crippen MR) is 67.8 cm³/mol. The molecule has 16 heavy (non-hydrogen) atoms. The minimum Gasteiger partial charge on any atom is -0.398 e. The number of carbonyl (C=O) groups is 1. The maximum atomic E-state index is 11.6. The summed E-state index contributed by atoms with van der Waals surface area (Å²) < 4.78 is 0. The molecule has 0 aromatic heterocycles. The van der Waals surface area contributed by atoms with E-state index in [0.29, 0.717) is 11.3 Å². The Morgan fingerprint density at radius 1 is 1.38 bits per heavy atom. The SMILES string of the molecule is CCN(CC)c1ccc(N)c(C(=O)NC)c1. The van der Waals surface area contributed by atoms with Crippen molar-refractivity contribution in [3.05, 3.63) is 23.8 Å². The van der Waals surface area contributed by atoms with Crippen LogP contribution in [0, 0.1) is 0 Å². The fraction of sp³-hybridized carbons (Fsp3) is 0.417. The van der Waals surface area contributed by atoms with Crippen LogP contribution in [-0.4, -0.2) is 26.0 Å². The summed E-state index contributed by atoms with van der Waals surface area (Å²) >= 11 is 0. The largest absolute Gasteiger partial charge is 0.398 e. The third kappa shape index (κ3) is 2.45. The Kier molecular flexibility index (Phi) is 4.17. The smallest absolute Gasteiger partial charge is 0.253 e.